The van der Waals surface area contributed by atoms with Crippen LogP contribution < -0.4 is 4.90 Å². The summed E-state index contributed by atoms with van der Waals surface area (Å²) >= 11 is 1.62. The first-order chi connectivity index (χ1) is 19.0. The number of hydrogen-bond acceptors (Lipinski definition) is 6. The topological polar surface area (TPSA) is 87.1 Å². The Morgan fingerprint density at radius 2 is 2.00 bits per heavy atom. The lowest BCUT2D eigenvalue weighted by Gasteiger charge is -2.42. The molecule has 0 saturated carbocycles. The van der Waals surface area contributed by atoms with E-state index in [4.69, 9.17) is 4.74 Å². The van der Waals surface area contributed by atoms with Crippen molar-refractivity contribution in [3.63, 3.8) is 0 Å². The van der Waals surface area contributed by atoms with E-state index in [2.05, 4.69) is 20.1 Å². The van der Waals surface area contributed by atoms with Crippen molar-refractivity contribution < 1.29 is 24.2 Å². The fraction of sp³-hybridized carbons (Fsp3) is 0.594. The van der Waals surface area contributed by atoms with E-state index in [1.807, 2.05) is 45.9 Å². The summed E-state index contributed by atoms with van der Waals surface area (Å²) in [5.41, 5.74) is 2.76. The molecular weight excluding hydrogens is 524 g/mol. The van der Waals surface area contributed by atoms with Crippen molar-refractivity contribution in [2.75, 3.05) is 24.7 Å². The fourth-order valence-electron chi connectivity index (χ4n) is 7.15. The summed E-state index contributed by atoms with van der Waals surface area (Å²) in [6.45, 7) is 18.0. The first-order valence-corrected chi connectivity index (χ1v) is 15.3. The lowest BCUT2D eigenvalue weighted by atomic mass is 9.66. The van der Waals surface area contributed by atoms with Crippen LogP contribution in [0.25, 0.3) is 0 Å². The first-order valence-electron chi connectivity index (χ1n) is 14.4. The molecular formula is C32H44N2O5S. The van der Waals surface area contributed by atoms with Crippen LogP contribution in [-0.4, -0.2) is 69.6 Å². The zero-order valence-corrected chi connectivity index (χ0v) is 25.3. The van der Waals surface area contributed by atoms with E-state index in [1.165, 1.54) is 0 Å². The second-order valence-corrected chi connectivity index (χ2v) is 13.6. The summed E-state index contributed by atoms with van der Waals surface area (Å²) in [5, 5.41) is 10.5. The van der Waals surface area contributed by atoms with Gasteiger partial charge in [0.25, 0.3) is 5.91 Å². The molecule has 40 heavy (non-hydrogen) atoms. The van der Waals surface area contributed by atoms with Crippen molar-refractivity contribution in [2.24, 2.45) is 23.7 Å². The molecule has 218 valence electrons. The van der Waals surface area contributed by atoms with Gasteiger partial charge in [-0.3, -0.25) is 14.4 Å². The number of aliphatic hydroxyl groups is 1. The maximum absolute atomic E-state index is 14.9. The molecule has 3 unspecified atom stereocenters. The molecule has 3 fully saturated rings. The minimum Gasteiger partial charge on any atom is -0.465 e. The van der Waals surface area contributed by atoms with Gasteiger partial charge in [0.2, 0.25) is 5.91 Å². The number of amides is 2. The molecule has 1 aromatic carbocycles. The SMILES string of the molecule is C=CCCOC(=O)[C@@H]1[C@H]2C(=O)N([C@@H](CO)CC(C)C)C(C(=O)N(CC=C)c3cc(C)ccc3C)C23S[C@@H]1CC3C. The Morgan fingerprint density at radius 1 is 1.27 bits per heavy atom. The summed E-state index contributed by atoms with van der Waals surface area (Å²) in [4.78, 5) is 46.2. The van der Waals surface area contributed by atoms with Gasteiger partial charge in [0.1, 0.15) is 6.04 Å². The number of thioether (sulfide) groups is 1. The van der Waals surface area contributed by atoms with E-state index in [9.17, 15) is 19.5 Å². The van der Waals surface area contributed by atoms with E-state index < -0.39 is 28.7 Å². The Balaban J connectivity index is 1.85. The third-order valence-electron chi connectivity index (χ3n) is 8.84. The van der Waals surface area contributed by atoms with E-state index in [1.54, 1.807) is 33.7 Å². The molecule has 8 heteroatoms. The summed E-state index contributed by atoms with van der Waals surface area (Å²) in [6.07, 6.45) is 5.22. The molecule has 1 N–H and O–H groups in total. The maximum Gasteiger partial charge on any atom is 0.310 e. The van der Waals surface area contributed by atoms with Gasteiger partial charge in [0, 0.05) is 17.5 Å². The number of likely N-dealkylation sites (tertiary alicyclic amines) is 1. The molecule has 4 rings (SSSR count). The average molecular weight is 569 g/mol. The minimum atomic E-state index is -0.822. The molecule has 3 saturated heterocycles. The van der Waals surface area contributed by atoms with Crippen molar-refractivity contribution in [1.82, 2.24) is 4.90 Å². The van der Waals surface area contributed by atoms with Crippen LogP contribution in [-0.2, 0) is 19.1 Å². The van der Waals surface area contributed by atoms with E-state index in [-0.39, 0.29) is 54.6 Å². The number of aliphatic hydroxyl groups excluding tert-OH is 1. The van der Waals surface area contributed by atoms with E-state index >= 15 is 0 Å². The van der Waals surface area contributed by atoms with Crippen molar-refractivity contribution >= 4 is 35.2 Å². The van der Waals surface area contributed by atoms with Crippen LogP contribution in [0.2, 0.25) is 0 Å². The number of ether oxygens (including phenoxy) is 1. The largest absolute Gasteiger partial charge is 0.465 e. The fourth-order valence-corrected chi connectivity index (χ4v) is 9.54. The number of esters is 1. The van der Waals surface area contributed by atoms with Crippen molar-refractivity contribution in [3.05, 3.63) is 54.6 Å². The molecule has 1 aromatic rings. The summed E-state index contributed by atoms with van der Waals surface area (Å²) < 4.78 is 4.83. The van der Waals surface area contributed by atoms with Gasteiger partial charge in [0.05, 0.1) is 35.8 Å². The smallest absolute Gasteiger partial charge is 0.310 e. The number of hydrogen-bond donors (Lipinski definition) is 1. The first kappa shape index (κ1) is 30.4. The normalized spacial score (nSPS) is 29.4. The minimum absolute atomic E-state index is 0.0233. The van der Waals surface area contributed by atoms with Crippen LogP contribution in [0.4, 0.5) is 5.69 Å². The van der Waals surface area contributed by atoms with Crippen LogP contribution in [0.3, 0.4) is 0 Å². The highest BCUT2D eigenvalue weighted by Gasteiger charge is 2.77. The number of rotatable bonds is 12. The van der Waals surface area contributed by atoms with E-state index in [0.29, 0.717) is 12.8 Å². The van der Waals surface area contributed by atoms with Crippen molar-refractivity contribution in [2.45, 2.75) is 76.0 Å². The van der Waals surface area contributed by atoms with Gasteiger partial charge >= 0.3 is 5.97 Å². The number of carbonyl (C=O) groups excluding carboxylic acids is 3. The monoisotopic (exact) mass is 568 g/mol. The van der Waals surface area contributed by atoms with Crippen LogP contribution >= 0.6 is 11.8 Å². The van der Waals surface area contributed by atoms with Crippen molar-refractivity contribution in [1.29, 1.82) is 0 Å². The van der Waals surface area contributed by atoms with Gasteiger partial charge < -0.3 is 19.6 Å². The number of benzene rings is 1. The van der Waals surface area contributed by atoms with Gasteiger partial charge in [-0.1, -0.05) is 45.1 Å². The molecule has 7 nitrogen and oxygen atoms in total. The third-order valence-corrected chi connectivity index (χ3v) is 10.9. The third kappa shape index (κ3) is 5.02. The number of anilines is 1. The highest BCUT2D eigenvalue weighted by atomic mass is 32.2. The number of nitrogens with zero attached hydrogens (tertiary/aromatic N) is 2. The lowest BCUT2D eigenvalue weighted by Crippen LogP contribution is -2.59. The molecule has 2 amide bonds. The van der Waals surface area contributed by atoms with Gasteiger partial charge in [0.15, 0.2) is 0 Å². The van der Waals surface area contributed by atoms with Gasteiger partial charge in [-0.05, 0) is 62.1 Å². The van der Waals surface area contributed by atoms with Crippen LogP contribution in [0.5, 0.6) is 0 Å². The average Bonchev–Trinajstić information content (AvgIpc) is 3.50. The Bertz CT molecular complexity index is 1170. The molecule has 0 aromatic heterocycles. The molecule has 0 radical (unpaired) electrons. The molecule has 2 bridgehead atoms. The number of fused-ring (bicyclic) bond motifs is 1. The zero-order valence-electron chi connectivity index (χ0n) is 24.5. The number of aryl methyl sites for hydroxylation is 2. The molecule has 3 heterocycles. The quantitative estimate of drug-likeness (QED) is 0.224. The lowest BCUT2D eigenvalue weighted by molar-refractivity contribution is -0.155. The van der Waals surface area contributed by atoms with Crippen LogP contribution in [0, 0.1) is 37.5 Å². The Morgan fingerprint density at radius 3 is 2.62 bits per heavy atom. The highest BCUT2D eigenvalue weighted by molar-refractivity contribution is 8.02. The Kier molecular flexibility index (Phi) is 9.20. The predicted octanol–water partition coefficient (Wildman–Crippen LogP) is 4.69. The molecule has 3 aliphatic rings. The van der Waals surface area contributed by atoms with Crippen LogP contribution in [0.15, 0.2) is 43.5 Å². The Hall–Kier alpha value is -2.58. The number of carbonyl (C=O) groups is 3. The summed E-state index contributed by atoms with van der Waals surface area (Å²) in [7, 11) is 0. The van der Waals surface area contributed by atoms with Crippen molar-refractivity contribution in [3.8, 4) is 0 Å². The molecule has 0 aliphatic carbocycles. The second-order valence-electron chi connectivity index (χ2n) is 12.0. The molecule has 3 aliphatic heterocycles. The molecule has 1 spiro atoms. The maximum atomic E-state index is 14.9. The van der Waals surface area contributed by atoms with Crippen LogP contribution in [0.1, 0.15) is 51.2 Å². The second kappa shape index (κ2) is 12.1. The molecule has 7 atom stereocenters. The van der Waals surface area contributed by atoms with Gasteiger partial charge in [-0.15, -0.1) is 24.9 Å². The van der Waals surface area contributed by atoms with Gasteiger partial charge in [-0.25, -0.2) is 0 Å². The Labute approximate surface area is 243 Å². The highest BCUT2D eigenvalue weighted by Crippen LogP contribution is 2.69. The standard InChI is InChI=1S/C32H44N2O5S/c1-8-10-14-39-31(38)26-25-17-22(7)32(40-25)27(26)29(36)34(23(18-35)15-19(3)4)28(32)30(37)33(13-9-2)24-16-20(5)11-12-21(24)6/h8-9,11-12,16,19,22-23,25-28,35H,1-2,10,13-15,17-18H2,3-7H3/t22?,23-,25-,26+,27+,28?,32?/m1/s1. The summed E-state index contributed by atoms with van der Waals surface area (Å²) in [5.74, 6) is -1.86. The van der Waals surface area contributed by atoms with E-state index in [0.717, 1.165) is 23.2 Å². The van der Waals surface area contributed by atoms with Gasteiger partial charge in [-0.2, -0.15) is 0 Å². The summed E-state index contributed by atoms with van der Waals surface area (Å²) in [6, 6.07) is 4.65. The zero-order chi connectivity index (χ0) is 29.4. The predicted molar refractivity (Wildman–Crippen MR) is 160 cm³/mol.